The molecular weight excluding hydrogens is 953 g/mol. The van der Waals surface area contributed by atoms with Gasteiger partial charge in [-0.15, -0.1) is 0 Å². The number of hydrogen-bond acceptors (Lipinski definition) is 10. The first kappa shape index (κ1) is 58.0. The first-order valence-corrected chi connectivity index (χ1v) is 24.3. The molecular formula is C32H52F12N6O8S4. The van der Waals surface area contributed by atoms with Crippen LogP contribution in [0.15, 0.2) is 24.3 Å². The third-order valence-corrected chi connectivity index (χ3v) is 14.2. The van der Waals surface area contributed by atoms with Crippen molar-refractivity contribution in [1.82, 2.24) is 28.7 Å². The van der Waals surface area contributed by atoms with Crippen molar-refractivity contribution in [2.45, 2.75) is 115 Å². The lowest BCUT2D eigenvalue weighted by atomic mass is 10.0. The zero-order valence-electron chi connectivity index (χ0n) is 34.5. The van der Waals surface area contributed by atoms with Gasteiger partial charge in [0.1, 0.15) is 0 Å². The highest BCUT2D eigenvalue weighted by atomic mass is 32.2. The summed E-state index contributed by atoms with van der Waals surface area (Å²) in [5.74, 6) is -3.64. The van der Waals surface area contributed by atoms with E-state index in [1.54, 1.807) is 0 Å². The third-order valence-electron chi connectivity index (χ3n) is 9.29. The Hall–Kier alpha value is -2.06. The van der Waals surface area contributed by atoms with E-state index in [4.69, 9.17) is 0 Å². The molecule has 0 aliphatic carbocycles. The van der Waals surface area contributed by atoms with E-state index in [9.17, 15) is 86.4 Å². The Bertz CT molecular complexity index is 1790. The van der Waals surface area contributed by atoms with Gasteiger partial charge in [-0.2, -0.15) is 52.7 Å². The Morgan fingerprint density at radius 1 is 0.419 bits per heavy atom. The van der Waals surface area contributed by atoms with Crippen molar-refractivity contribution < 1.29 is 86.4 Å². The van der Waals surface area contributed by atoms with E-state index in [1.165, 1.54) is 98.5 Å². The quantitative estimate of drug-likeness (QED) is 0.101. The summed E-state index contributed by atoms with van der Waals surface area (Å²) in [4.78, 5) is 2.32. The van der Waals surface area contributed by atoms with Gasteiger partial charge in [0.15, 0.2) is 0 Å². The van der Waals surface area contributed by atoms with Gasteiger partial charge in [-0.25, -0.2) is 52.6 Å². The van der Waals surface area contributed by atoms with E-state index in [-0.39, 0.29) is 11.1 Å². The fourth-order valence-corrected chi connectivity index (χ4v) is 8.98. The molecule has 0 amide bonds. The number of benzene rings is 1. The smallest absolute Gasteiger partial charge is 0.296 e. The van der Waals surface area contributed by atoms with Gasteiger partial charge in [-0.1, -0.05) is 79.7 Å². The molecule has 0 saturated carbocycles. The topological polar surface area (TPSA) is 191 Å². The molecule has 0 saturated heterocycles. The fraction of sp³-hybridized carbons (Fsp3) is 0.812. The molecule has 0 aliphatic rings. The molecule has 366 valence electrons. The highest BCUT2D eigenvalue weighted by Gasteiger charge is 2.50. The number of hydrogen-bond donors (Lipinski definition) is 4. The summed E-state index contributed by atoms with van der Waals surface area (Å²) in [5, 5.41) is 0. The van der Waals surface area contributed by atoms with Crippen LogP contribution in [0.25, 0.3) is 0 Å². The minimum atomic E-state index is -6.00. The zero-order chi connectivity index (χ0) is 48.8. The van der Waals surface area contributed by atoms with Gasteiger partial charge in [-0.3, -0.25) is 9.80 Å². The largest absolute Gasteiger partial charge is 0.511 e. The minimum absolute atomic E-state index is 0.168. The second-order valence-corrected chi connectivity index (χ2v) is 22.7. The molecule has 0 spiro atoms. The molecule has 0 aromatic heterocycles. The van der Waals surface area contributed by atoms with Crippen molar-refractivity contribution in [2.75, 3.05) is 26.2 Å². The Balaban J connectivity index is 3.88. The normalized spacial score (nSPS) is 16.5. The third kappa shape index (κ3) is 17.4. The monoisotopic (exact) mass is 1000 g/mol. The molecule has 1 rings (SSSR count). The lowest BCUT2D eigenvalue weighted by molar-refractivity contribution is -0.0461. The Labute approximate surface area is 354 Å². The predicted molar refractivity (Wildman–Crippen MR) is 204 cm³/mol. The lowest BCUT2D eigenvalue weighted by Gasteiger charge is -2.35. The van der Waals surface area contributed by atoms with E-state index in [2.05, 4.69) is 0 Å². The molecule has 0 radical (unpaired) electrons. The first-order valence-electron chi connectivity index (χ1n) is 18.4. The maximum Gasteiger partial charge on any atom is 0.511 e. The maximum absolute atomic E-state index is 13.4. The number of alkyl halides is 12. The maximum atomic E-state index is 13.4. The van der Waals surface area contributed by atoms with Gasteiger partial charge in [0.05, 0.1) is 0 Å². The van der Waals surface area contributed by atoms with Crippen molar-refractivity contribution in [2.24, 2.45) is 23.7 Å². The minimum Gasteiger partial charge on any atom is -0.296 e. The highest BCUT2D eigenvalue weighted by molar-refractivity contribution is 7.91. The number of halogens is 12. The molecule has 1 aromatic rings. The molecule has 4 atom stereocenters. The van der Waals surface area contributed by atoms with Crippen molar-refractivity contribution in [1.29, 1.82) is 0 Å². The van der Waals surface area contributed by atoms with Crippen LogP contribution in [-0.2, 0) is 53.2 Å². The molecule has 62 heavy (non-hydrogen) atoms. The fourth-order valence-electron chi connectivity index (χ4n) is 5.46. The van der Waals surface area contributed by atoms with Crippen LogP contribution < -0.4 is 18.9 Å². The number of rotatable bonds is 24. The Morgan fingerprint density at radius 2 is 0.613 bits per heavy atom. The average molecular weight is 1010 g/mol. The predicted octanol–water partition coefficient (Wildman–Crippen LogP) is 5.15. The first-order chi connectivity index (χ1) is 27.5. The van der Waals surface area contributed by atoms with E-state index < -0.39 is 149 Å². The molecule has 0 bridgehead atoms. The SMILES string of the molecule is CC(C)[C@@H](CN(Cc1cccc(CN(C[C@@H](NS(=O)(=O)C(F)(F)F)C(C)C)C[C@@H](NS(=O)(=O)C(F)(F)F)C(C)C)c1)C[C@@H](NS(=O)(=O)C(F)(F)F)C(C)C)NS(=O)(=O)C(F)(F)F. The summed E-state index contributed by atoms with van der Waals surface area (Å²) in [6.45, 7) is 7.04. The van der Waals surface area contributed by atoms with Crippen LogP contribution >= 0.6 is 0 Å². The van der Waals surface area contributed by atoms with Gasteiger partial charge in [0.25, 0.3) is 0 Å². The molecule has 0 aliphatic heterocycles. The van der Waals surface area contributed by atoms with Gasteiger partial charge >= 0.3 is 62.1 Å². The summed E-state index contributed by atoms with van der Waals surface area (Å²) in [5.41, 5.74) is -22.8. The second kappa shape index (κ2) is 21.5. The van der Waals surface area contributed by atoms with Crippen molar-refractivity contribution in [3.63, 3.8) is 0 Å². The molecule has 1 aromatic carbocycles. The van der Waals surface area contributed by atoms with Crippen molar-refractivity contribution in [3.8, 4) is 0 Å². The van der Waals surface area contributed by atoms with E-state index in [0.717, 1.165) is 9.80 Å². The summed E-state index contributed by atoms with van der Waals surface area (Å²) in [6, 6.07) is -0.927. The molecule has 0 unspecified atom stereocenters. The van der Waals surface area contributed by atoms with Crippen LogP contribution in [0.1, 0.15) is 66.5 Å². The van der Waals surface area contributed by atoms with Crippen LogP contribution in [0.5, 0.6) is 0 Å². The van der Waals surface area contributed by atoms with Crippen molar-refractivity contribution >= 4 is 40.1 Å². The van der Waals surface area contributed by atoms with Crippen LogP contribution in [0.4, 0.5) is 52.7 Å². The molecule has 30 heteroatoms. The molecule has 4 N–H and O–H groups in total. The van der Waals surface area contributed by atoms with Gasteiger partial charge in [0, 0.05) is 63.4 Å². The zero-order valence-corrected chi connectivity index (χ0v) is 37.8. The van der Waals surface area contributed by atoms with Gasteiger partial charge in [0.2, 0.25) is 0 Å². The molecule has 0 fully saturated rings. The standard InChI is InChI=1S/C32H52F12N6O8S4/c1-19(2)25(45-59(51,52)29(33,34)35)15-49(16-26(20(3)4)46-60(53,54)30(36,37)38)13-23-10-9-11-24(12-23)14-50(17-27(21(5)6)47-61(55,56)31(39,40)41)18-28(22(7)8)48-62(57,58)32(42,43)44/h9-12,19-22,25-28,45-48H,13-18H2,1-8H3/t25-,26-,27-,28-/m1/s1. The van der Waals surface area contributed by atoms with Crippen LogP contribution in [0, 0.1) is 23.7 Å². The second-order valence-electron chi connectivity index (χ2n) is 15.9. The molecule has 14 nitrogen and oxygen atoms in total. The van der Waals surface area contributed by atoms with E-state index in [1.807, 2.05) is 0 Å². The number of sulfonamides is 4. The Kier molecular flexibility index (Phi) is 20.1. The van der Waals surface area contributed by atoms with Crippen LogP contribution in [-0.4, -0.2) is 116 Å². The summed E-state index contributed by atoms with van der Waals surface area (Å²) in [7, 11) is -24.0. The van der Waals surface area contributed by atoms with Crippen molar-refractivity contribution in [3.05, 3.63) is 35.4 Å². The van der Waals surface area contributed by atoms with Crippen LogP contribution in [0.3, 0.4) is 0 Å². The van der Waals surface area contributed by atoms with Gasteiger partial charge < -0.3 is 0 Å². The summed E-state index contributed by atoms with van der Waals surface area (Å²) in [6.07, 6.45) is 0. The number of nitrogens with one attached hydrogen (secondary N) is 4. The number of nitrogens with zero attached hydrogens (tertiary/aromatic N) is 2. The van der Waals surface area contributed by atoms with Crippen LogP contribution in [0.2, 0.25) is 0 Å². The molecule has 0 heterocycles. The van der Waals surface area contributed by atoms with Gasteiger partial charge in [-0.05, 0) is 34.8 Å². The van der Waals surface area contributed by atoms with E-state index in [0.29, 0.717) is 0 Å². The summed E-state index contributed by atoms with van der Waals surface area (Å²) >= 11 is 0. The highest BCUT2D eigenvalue weighted by Crippen LogP contribution is 2.28. The Morgan fingerprint density at radius 3 is 0.774 bits per heavy atom. The average Bonchev–Trinajstić information content (AvgIpc) is 3.04. The lowest BCUT2D eigenvalue weighted by Crippen LogP contribution is -2.54. The summed E-state index contributed by atoms with van der Waals surface area (Å²) < 4.78 is 264. The van der Waals surface area contributed by atoms with E-state index >= 15 is 0 Å².